The van der Waals surface area contributed by atoms with E-state index in [4.69, 9.17) is 4.74 Å². The molecule has 2 heterocycles. The van der Waals surface area contributed by atoms with Gasteiger partial charge in [-0.3, -0.25) is 0 Å². The van der Waals surface area contributed by atoms with Crippen LogP contribution in [0.25, 0.3) is 11.1 Å². The molecule has 0 unspecified atom stereocenters. The maximum absolute atomic E-state index is 12.2. The predicted octanol–water partition coefficient (Wildman–Crippen LogP) is 5.93. The quantitative estimate of drug-likeness (QED) is 0.227. The molecule has 0 bridgehead atoms. The molecule has 40 heavy (non-hydrogen) atoms. The highest BCUT2D eigenvalue weighted by Crippen LogP contribution is 2.28. The molecule has 9 heteroatoms. The van der Waals surface area contributed by atoms with Crippen LogP contribution in [0.3, 0.4) is 0 Å². The van der Waals surface area contributed by atoms with Crippen molar-refractivity contribution in [2.24, 2.45) is 0 Å². The summed E-state index contributed by atoms with van der Waals surface area (Å²) in [5.74, 6) is 1.13. The molecule has 1 aliphatic rings. The Hall–Kier alpha value is -4.47. The van der Waals surface area contributed by atoms with E-state index in [0.29, 0.717) is 23.7 Å². The van der Waals surface area contributed by atoms with Gasteiger partial charge >= 0.3 is 6.09 Å². The number of aliphatic hydroxyl groups excluding tert-OH is 1. The predicted molar refractivity (Wildman–Crippen MR) is 156 cm³/mol. The molecule has 3 N–H and O–H groups in total. The van der Waals surface area contributed by atoms with Crippen LogP contribution >= 0.6 is 0 Å². The van der Waals surface area contributed by atoms with Crippen LogP contribution in [0.4, 0.5) is 27.9 Å². The van der Waals surface area contributed by atoms with E-state index in [0.717, 1.165) is 29.1 Å². The van der Waals surface area contributed by atoms with Gasteiger partial charge in [-0.25, -0.2) is 14.7 Å². The summed E-state index contributed by atoms with van der Waals surface area (Å²) in [6, 6.07) is 26.0. The molecule has 1 aromatic heterocycles. The van der Waals surface area contributed by atoms with E-state index >= 15 is 0 Å². The Kier molecular flexibility index (Phi) is 8.85. The van der Waals surface area contributed by atoms with Crippen molar-refractivity contribution in [1.82, 2.24) is 14.9 Å². The van der Waals surface area contributed by atoms with E-state index < -0.39 is 12.2 Å². The number of piperidine rings is 1. The van der Waals surface area contributed by atoms with Gasteiger partial charge in [0.05, 0.1) is 5.69 Å². The van der Waals surface area contributed by atoms with Crippen molar-refractivity contribution < 1.29 is 19.7 Å². The number of likely N-dealkylation sites (tertiary alicyclic amines) is 1. The summed E-state index contributed by atoms with van der Waals surface area (Å²) in [7, 11) is 0. The lowest BCUT2D eigenvalue weighted by Crippen LogP contribution is -2.38. The molecular weight excluding hydrogens is 506 g/mol. The lowest BCUT2D eigenvalue weighted by atomic mass is 10.1. The molecule has 3 aromatic carbocycles. The molecule has 0 radical (unpaired) electrons. The number of nitrogens with zero attached hydrogens (tertiary/aromatic N) is 4. The fraction of sp³-hybridized carbons (Fsp3) is 0.258. The van der Waals surface area contributed by atoms with E-state index in [2.05, 4.69) is 20.2 Å². The van der Waals surface area contributed by atoms with E-state index in [9.17, 15) is 15.0 Å². The monoisotopic (exact) mass is 539 g/mol. The van der Waals surface area contributed by atoms with Crippen LogP contribution in [-0.4, -0.2) is 63.5 Å². The zero-order valence-electron chi connectivity index (χ0n) is 22.2. The van der Waals surface area contributed by atoms with Gasteiger partial charge in [-0.2, -0.15) is 4.98 Å². The van der Waals surface area contributed by atoms with Crippen molar-refractivity contribution in [2.75, 3.05) is 36.5 Å². The maximum atomic E-state index is 12.2. The molecule has 0 saturated carbocycles. The van der Waals surface area contributed by atoms with Gasteiger partial charge in [0, 0.05) is 24.5 Å². The molecule has 1 fully saturated rings. The van der Waals surface area contributed by atoms with E-state index in [1.54, 1.807) is 30.3 Å². The maximum Gasteiger partial charge on any atom is 0.417 e. The van der Waals surface area contributed by atoms with Gasteiger partial charge in [-0.15, -0.1) is 0 Å². The Labute approximate surface area is 233 Å². The SMILES string of the molecule is O=C(O)N(c1ccc(-c2ccccc2)cc1)c1ccnc(Nc2ccc(OC[C@H](O)CN3CCCCC3)cc2)n1. The first-order valence-electron chi connectivity index (χ1n) is 13.5. The highest BCUT2D eigenvalue weighted by atomic mass is 16.5. The summed E-state index contributed by atoms with van der Waals surface area (Å²) in [6.07, 6.45) is 3.45. The van der Waals surface area contributed by atoms with Crippen LogP contribution in [0.2, 0.25) is 0 Å². The van der Waals surface area contributed by atoms with Gasteiger partial charge < -0.3 is 25.2 Å². The second kappa shape index (κ2) is 13.1. The number of hydrogen-bond donors (Lipinski definition) is 3. The molecule has 0 aliphatic carbocycles. The Morgan fingerprint density at radius 1 is 0.925 bits per heavy atom. The van der Waals surface area contributed by atoms with Gasteiger partial charge in [-0.05, 0) is 73.5 Å². The highest BCUT2D eigenvalue weighted by molar-refractivity contribution is 5.94. The highest BCUT2D eigenvalue weighted by Gasteiger charge is 2.19. The summed E-state index contributed by atoms with van der Waals surface area (Å²) >= 11 is 0. The van der Waals surface area contributed by atoms with Crippen LogP contribution in [0.1, 0.15) is 19.3 Å². The van der Waals surface area contributed by atoms with Crippen LogP contribution in [0.5, 0.6) is 5.75 Å². The van der Waals surface area contributed by atoms with E-state index in [1.165, 1.54) is 25.5 Å². The fourth-order valence-electron chi connectivity index (χ4n) is 4.76. The minimum atomic E-state index is -1.15. The number of hydrogen-bond acceptors (Lipinski definition) is 7. The Morgan fingerprint density at radius 3 is 2.33 bits per heavy atom. The summed E-state index contributed by atoms with van der Waals surface area (Å²) in [5.41, 5.74) is 3.23. The van der Waals surface area contributed by atoms with Crippen molar-refractivity contribution in [3.8, 4) is 16.9 Å². The minimum absolute atomic E-state index is 0.222. The van der Waals surface area contributed by atoms with Crippen molar-refractivity contribution in [2.45, 2.75) is 25.4 Å². The Bertz CT molecular complexity index is 1380. The number of rotatable bonds is 10. The van der Waals surface area contributed by atoms with Crippen molar-refractivity contribution in [3.05, 3.63) is 91.1 Å². The van der Waals surface area contributed by atoms with Crippen molar-refractivity contribution >= 4 is 29.2 Å². The summed E-state index contributed by atoms with van der Waals surface area (Å²) in [4.78, 5) is 24.3. The molecule has 1 aliphatic heterocycles. The summed E-state index contributed by atoms with van der Waals surface area (Å²) in [6.45, 7) is 2.92. The molecular formula is C31H33N5O4. The molecule has 206 valence electrons. The van der Waals surface area contributed by atoms with Gasteiger partial charge in [0.2, 0.25) is 5.95 Å². The smallest absolute Gasteiger partial charge is 0.417 e. The summed E-state index contributed by atoms with van der Waals surface area (Å²) in [5, 5.41) is 23.4. The van der Waals surface area contributed by atoms with Gasteiger partial charge in [-0.1, -0.05) is 48.9 Å². The summed E-state index contributed by atoms with van der Waals surface area (Å²) < 4.78 is 5.77. The fourth-order valence-corrected chi connectivity index (χ4v) is 4.76. The van der Waals surface area contributed by atoms with Gasteiger partial charge in [0.25, 0.3) is 0 Å². The molecule has 5 rings (SSSR count). The molecule has 1 amide bonds. The number of carbonyl (C=O) groups is 1. The van der Waals surface area contributed by atoms with Crippen LogP contribution in [-0.2, 0) is 0 Å². The number of ether oxygens (including phenoxy) is 1. The topological polar surface area (TPSA) is 111 Å². The Morgan fingerprint density at radius 2 is 1.62 bits per heavy atom. The Balaban J connectivity index is 1.21. The lowest BCUT2D eigenvalue weighted by Gasteiger charge is -2.28. The number of carboxylic acid groups (broad SMARTS) is 1. The van der Waals surface area contributed by atoms with Crippen molar-refractivity contribution in [3.63, 3.8) is 0 Å². The number of amides is 1. The third kappa shape index (κ3) is 7.13. The molecule has 1 saturated heterocycles. The third-order valence-electron chi connectivity index (χ3n) is 6.76. The van der Waals surface area contributed by atoms with Crippen LogP contribution in [0, 0.1) is 0 Å². The van der Waals surface area contributed by atoms with Crippen LogP contribution in [0.15, 0.2) is 91.1 Å². The first-order chi connectivity index (χ1) is 19.5. The number of anilines is 4. The number of benzene rings is 3. The molecule has 0 spiro atoms. The van der Waals surface area contributed by atoms with E-state index in [-0.39, 0.29) is 18.4 Å². The zero-order valence-corrected chi connectivity index (χ0v) is 22.2. The zero-order chi connectivity index (χ0) is 27.7. The number of nitrogens with one attached hydrogen (secondary N) is 1. The number of aromatic nitrogens is 2. The largest absolute Gasteiger partial charge is 0.491 e. The molecule has 9 nitrogen and oxygen atoms in total. The van der Waals surface area contributed by atoms with Gasteiger partial charge in [0.15, 0.2) is 0 Å². The normalized spacial score (nSPS) is 14.3. The number of β-amino-alcohol motifs (C(OH)–C–C–N with tert-alkyl or cyclic N) is 1. The molecule has 1 atom stereocenters. The molecule has 4 aromatic rings. The number of aliphatic hydroxyl groups is 1. The van der Waals surface area contributed by atoms with Crippen LogP contribution < -0.4 is 15.0 Å². The second-order valence-corrected chi connectivity index (χ2v) is 9.74. The first-order valence-corrected chi connectivity index (χ1v) is 13.5. The minimum Gasteiger partial charge on any atom is -0.491 e. The average Bonchev–Trinajstić information content (AvgIpc) is 2.98. The van der Waals surface area contributed by atoms with Gasteiger partial charge in [0.1, 0.15) is 24.3 Å². The van der Waals surface area contributed by atoms with Crippen molar-refractivity contribution in [1.29, 1.82) is 0 Å². The standard InChI is InChI=1S/C31H33N5O4/c37-27(21-35-19-5-2-6-20-35)22-40-28-15-11-25(12-16-28)33-30-32-18-17-29(34-30)36(31(38)39)26-13-9-24(10-14-26)23-7-3-1-4-8-23/h1,3-4,7-18,27,37H,2,5-6,19-22H2,(H,38,39)(H,32,33,34)/t27-/m1/s1. The average molecular weight is 540 g/mol. The second-order valence-electron chi connectivity index (χ2n) is 9.74. The lowest BCUT2D eigenvalue weighted by molar-refractivity contribution is 0.0617. The van der Waals surface area contributed by atoms with E-state index in [1.807, 2.05) is 54.6 Å². The first kappa shape index (κ1) is 27.1. The third-order valence-corrected chi connectivity index (χ3v) is 6.76.